The van der Waals surface area contributed by atoms with Gasteiger partial charge in [-0.2, -0.15) is 0 Å². The molecule has 0 unspecified atom stereocenters. The third-order valence-corrected chi connectivity index (χ3v) is 5.48. The van der Waals surface area contributed by atoms with E-state index < -0.39 is 5.41 Å². The summed E-state index contributed by atoms with van der Waals surface area (Å²) < 4.78 is 7.96. The Bertz CT molecular complexity index is 752. The summed E-state index contributed by atoms with van der Waals surface area (Å²) >= 11 is 0. The van der Waals surface area contributed by atoms with Crippen LogP contribution < -0.4 is 5.32 Å². The lowest BCUT2D eigenvalue weighted by Crippen LogP contribution is -2.41. The molecule has 0 aliphatic carbocycles. The number of amides is 1. The third-order valence-electron chi connectivity index (χ3n) is 5.48. The van der Waals surface area contributed by atoms with Crippen molar-refractivity contribution < 1.29 is 9.53 Å². The van der Waals surface area contributed by atoms with Crippen molar-refractivity contribution >= 4 is 11.6 Å². The molecule has 5 heteroatoms. The molecule has 2 aliphatic heterocycles. The summed E-state index contributed by atoms with van der Waals surface area (Å²) in [6.07, 6.45) is 7.05. The van der Waals surface area contributed by atoms with Crippen LogP contribution in [-0.4, -0.2) is 27.7 Å². The van der Waals surface area contributed by atoms with Crippen molar-refractivity contribution in [1.82, 2.24) is 9.55 Å². The first-order valence-corrected chi connectivity index (χ1v) is 8.58. The van der Waals surface area contributed by atoms with Crippen molar-refractivity contribution in [3.63, 3.8) is 0 Å². The second-order valence-electron chi connectivity index (χ2n) is 7.20. The Morgan fingerprint density at radius 3 is 2.75 bits per heavy atom. The van der Waals surface area contributed by atoms with Crippen LogP contribution in [0.15, 0.2) is 36.7 Å². The van der Waals surface area contributed by atoms with Crippen LogP contribution in [0, 0.1) is 12.3 Å². The van der Waals surface area contributed by atoms with E-state index >= 15 is 0 Å². The summed E-state index contributed by atoms with van der Waals surface area (Å²) in [5, 5.41) is 3.07. The van der Waals surface area contributed by atoms with E-state index in [1.165, 1.54) is 5.56 Å². The number of aromatic nitrogens is 2. The normalized spacial score (nSPS) is 28.2. The number of fused-ring (bicyclic) bond motifs is 2. The van der Waals surface area contributed by atoms with Gasteiger partial charge < -0.3 is 14.6 Å². The van der Waals surface area contributed by atoms with Gasteiger partial charge in [0.05, 0.1) is 17.6 Å². The van der Waals surface area contributed by atoms with Crippen molar-refractivity contribution in [2.24, 2.45) is 5.41 Å². The molecule has 5 nitrogen and oxygen atoms in total. The van der Waals surface area contributed by atoms with Gasteiger partial charge in [-0.25, -0.2) is 4.98 Å². The zero-order valence-electron chi connectivity index (χ0n) is 14.2. The van der Waals surface area contributed by atoms with Crippen LogP contribution in [0.3, 0.4) is 0 Å². The van der Waals surface area contributed by atoms with Gasteiger partial charge in [-0.3, -0.25) is 4.79 Å². The number of hydrogen-bond donors (Lipinski definition) is 1. The van der Waals surface area contributed by atoms with Crippen molar-refractivity contribution in [1.29, 1.82) is 0 Å². The smallest absolute Gasteiger partial charge is 0.233 e. The molecule has 1 aromatic carbocycles. The first kappa shape index (κ1) is 15.4. The summed E-state index contributed by atoms with van der Waals surface area (Å²) in [6, 6.07) is 8.04. The molecule has 2 aliphatic rings. The van der Waals surface area contributed by atoms with Gasteiger partial charge in [-0.15, -0.1) is 0 Å². The number of carbonyl (C=O) groups is 1. The predicted octanol–water partition coefficient (Wildman–Crippen LogP) is 3.14. The number of aryl methyl sites for hydroxylation is 1. The summed E-state index contributed by atoms with van der Waals surface area (Å²) in [5.41, 5.74) is 1.63. The SMILES string of the molecule is Cc1nccn1Cc1ccc(NC(=O)[C@]2(C)C[C@H]3CC[C@H]2O3)cc1. The van der Waals surface area contributed by atoms with Crippen molar-refractivity contribution in [2.75, 3.05) is 5.32 Å². The first-order chi connectivity index (χ1) is 11.5. The number of benzene rings is 1. The number of imidazole rings is 1. The van der Waals surface area contributed by atoms with E-state index in [2.05, 4.69) is 27.0 Å². The minimum atomic E-state index is -0.393. The number of anilines is 1. The lowest BCUT2D eigenvalue weighted by molar-refractivity contribution is -0.127. The largest absolute Gasteiger partial charge is 0.374 e. The van der Waals surface area contributed by atoms with E-state index in [1.807, 2.05) is 38.4 Å². The number of rotatable bonds is 4. The monoisotopic (exact) mass is 325 g/mol. The lowest BCUT2D eigenvalue weighted by atomic mass is 9.75. The number of nitrogens with one attached hydrogen (secondary N) is 1. The second-order valence-corrected chi connectivity index (χ2v) is 7.20. The van der Waals surface area contributed by atoms with Gasteiger partial charge in [0.15, 0.2) is 0 Å². The Balaban J connectivity index is 1.42. The third kappa shape index (κ3) is 2.63. The Kier molecular flexibility index (Phi) is 3.68. The van der Waals surface area contributed by atoms with Crippen molar-refractivity contribution in [3.8, 4) is 0 Å². The Morgan fingerprint density at radius 1 is 1.38 bits per heavy atom. The van der Waals surface area contributed by atoms with Gasteiger partial charge in [0, 0.05) is 24.6 Å². The maximum Gasteiger partial charge on any atom is 0.233 e. The Morgan fingerprint density at radius 2 is 2.17 bits per heavy atom. The Labute approximate surface area is 142 Å². The van der Waals surface area contributed by atoms with Crippen LogP contribution in [0.4, 0.5) is 5.69 Å². The molecule has 0 spiro atoms. The Hall–Kier alpha value is -2.14. The average Bonchev–Trinajstić information content (AvgIpc) is 3.26. The van der Waals surface area contributed by atoms with Gasteiger partial charge in [-0.1, -0.05) is 12.1 Å². The summed E-state index contributed by atoms with van der Waals surface area (Å²) in [4.78, 5) is 16.9. The molecule has 0 saturated carbocycles. The van der Waals surface area contributed by atoms with Gasteiger partial charge in [-0.05, 0) is 50.8 Å². The van der Waals surface area contributed by atoms with Crippen molar-refractivity contribution in [3.05, 3.63) is 48.0 Å². The van der Waals surface area contributed by atoms with Gasteiger partial charge >= 0.3 is 0 Å². The maximum atomic E-state index is 12.7. The molecular weight excluding hydrogens is 302 g/mol. The number of ether oxygens (including phenoxy) is 1. The minimum absolute atomic E-state index is 0.0750. The molecule has 3 heterocycles. The van der Waals surface area contributed by atoms with Crippen LogP contribution in [0.2, 0.25) is 0 Å². The number of nitrogens with zero attached hydrogens (tertiary/aromatic N) is 2. The topological polar surface area (TPSA) is 56.2 Å². The van der Waals surface area contributed by atoms with Crippen LogP contribution >= 0.6 is 0 Å². The fraction of sp³-hybridized carbons (Fsp3) is 0.474. The van der Waals surface area contributed by atoms with Crippen LogP contribution in [0.5, 0.6) is 0 Å². The summed E-state index contributed by atoms with van der Waals surface area (Å²) in [6.45, 7) is 4.81. The molecule has 0 radical (unpaired) electrons. The molecule has 1 amide bonds. The van der Waals surface area contributed by atoms with Crippen LogP contribution in [0.1, 0.15) is 37.6 Å². The van der Waals surface area contributed by atoms with E-state index in [0.717, 1.165) is 37.3 Å². The molecular formula is C19H23N3O2. The van der Waals surface area contributed by atoms with Gasteiger partial charge in [0.1, 0.15) is 5.82 Å². The first-order valence-electron chi connectivity index (χ1n) is 8.58. The summed E-state index contributed by atoms with van der Waals surface area (Å²) in [5.74, 6) is 1.07. The lowest BCUT2D eigenvalue weighted by Gasteiger charge is -2.29. The highest BCUT2D eigenvalue weighted by Crippen LogP contribution is 2.48. The molecule has 2 bridgehead atoms. The predicted molar refractivity (Wildman–Crippen MR) is 91.8 cm³/mol. The zero-order chi connectivity index (χ0) is 16.7. The average molecular weight is 325 g/mol. The molecule has 24 heavy (non-hydrogen) atoms. The maximum absolute atomic E-state index is 12.7. The molecule has 2 fully saturated rings. The minimum Gasteiger partial charge on any atom is -0.374 e. The molecule has 3 atom stereocenters. The molecule has 4 rings (SSSR count). The summed E-state index contributed by atoms with van der Waals surface area (Å²) in [7, 11) is 0. The molecule has 2 saturated heterocycles. The fourth-order valence-corrected chi connectivity index (χ4v) is 3.90. The molecule has 2 aromatic rings. The van der Waals surface area contributed by atoms with Gasteiger partial charge in [0.25, 0.3) is 0 Å². The van der Waals surface area contributed by atoms with Gasteiger partial charge in [0.2, 0.25) is 5.91 Å². The fourth-order valence-electron chi connectivity index (χ4n) is 3.90. The highest BCUT2D eigenvalue weighted by Gasteiger charge is 2.53. The van der Waals surface area contributed by atoms with E-state index in [0.29, 0.717) is 0 Å². The van der Waals surface area contributed by atoms with Crippen LogP contribution in [0.25, 0.3) is 0 Å². The van der Waals surface area contributed by atoms with E-state index in [9.17, 15) is 4.79 Å². The van der Waals surface area contributed by atoms with Crippen LogP contribution in [-0.2, 0) is 16.1 Å². The van der Waals surface area contributed by atoms with E-state index in [4.69, 9.17) is 4.74 Å². The number of hydrogen-bond acceptors (Lipinski definition) is 3. The quantitative estimate of drug-likeness (QED) is 0.939. The molecule has 1 N–H and O–H groups in total. The van der Waals surface area contributed by atoms with E-state index in [-0.39, 0.29) is 18.1 Å². The zero-order valence-corrected chi connectivity index (χ0v) is 14.2. The molecule has 126 valence electrons. The highest BCUT2D eigenvalue weighted by atomic mass is 16.5. The molecule has 1 aromatic heterocycles. The van der Waals surface area contributed by atoms with E-state index in [1.54, 1.807) is 0 Å². The highest BCUT2D eigenvalue weighted by molar-refractivity contribution is 5.95. The van der Waals surface area contributed by atoms with Crippen molar-refractivity contribution in [2.45, 2.75) is 51.9 Å². The standard InChI is InChI=1S/C19H23N3O2/c1-13-20-9-10-22(13)12-14-3-5-15(6-4-14)21-18(23)19(2)11-16-7-8-17(19)24-16/h3-6,9-10,16-17H,7-8,11-12H2,1-2H3,(H,21,23)/t16-,17-,19-/m1/s1. The second kappa shape index (κ2) is 5.74. The number of carbonyl (C=O) groups excluding carboxylic acids is 1.